The number of pyridine rings is 1. The molecule has 6 heteroatoms. The van der Waals surface area contributed by atoms with Gasteiger partial charge in [0.05, 0.1) is 0 Å². The number of hydrogen-bond acceptors (Lipinski definition) is 4. The number of fused-ring (bicyclic) bond motifs is 1. The summed E-state index contributed by atoms with van der Waals surface area (Å²) >= 11 is 0. The van der Waals surface area contributed by atoms with Crippen LogP contribution in [0.3, 0.4) is 0 Å². The van der Waals surface area contributed by atoms with E-state index in [0.717, 1.165) is 0 Å². The molecule has 0 saturated heterocycles. The minimum Gasteiger partial charge on any atom is -0.505 e. The fourth-order valence-electron chi connectivity index (χ4n) is 1.81. The van der Waals surface area contributed by atoms with Crippen molar-refractivity contribution >= 4 is 11.6 Å². The third-order valence-electron chi connectivity index (χ3n) is 2.64. The highest BCUT2D eigenvalue weighted by Crippen LogP contribution is 2.28. The molecule has 2 heterocycles. The number of aromatic nitrogens is 3. The van der Waals surface area contributed by atoms with Crippen LogP contribution >= 0.6 is 0 Å². The van der Waals surface area contributed by atoms with Gasteiger partial charge in [-0.25, -0.2) is 8.91 Å². The molecule has 0 bridgehead atoms. The highest BCUT2D eigenvalue weighted by Gasteiger charge is 2.10. The van der Waals surface area contributed by atoms with Crippen LogP contribution in [0.1, 0.15) is 0 Å². The Balaban J connectivity index is 2.22. The minimum absolute atomic E-state index is 0.156. The quantitative estimate of drug-likeness (QED) is 0.684. The van der Waals surface area contributed by atoms with E-state index in [1.807, 2.05) is 0 Å². The normalized spacial score (nSPS) is 10.9. The summed E-state index contributed by atoms with van der Waals surface area (Å²) in [6, 6.07) is 7.79. The average molecular weight is 244 g/mol. The zero-order valence-corrected chi connectivity index (χ0v) is 9.21. The molecule has 3 N–H and O–H groups in total. The number of nitrogens with zero attached hydrogens (tertiary/aromatic N) is 3. The molecule has 3 rings (SSSR count). The summed E-state index contributed by atoms with van der Waals surface area (Å²) in [4.78, 5) is 4.00. The lowest BCUT2D eigenvalue weighted by atomic mass is 10.1. The molecule has 0 saturated carbocycles. The number of hydrogen-bond donors (Lipinski definition) is 2. The Labute approximate surface area is 101 Å². The van der Waals surface area contributed by atoms with Crippen LogP contribution < -0.4 is 5.73 Å². The van der Waals surface area contributed by atoms with E-state index in [0.29, 0.717) is 16.8 Å². The van der Waals surface area contributed by atoms with Crippen LogP contribution in [0.4, 0.5) is 10.3 Å². The van der Waals surface area contributed by atoms with Gasteiger partial charge in [0, 0.05) is 11.8 Å². The summed E-state index contributed by atoms with van der Waals surface area (Å²) in [5.74, 6) is -0.883. The standard InChI is InChI=1S/C12H9FN4O/c13-11-8(2-1-3-9(11)18)7-4-5-17-10(6-7)15-12(14)16-17/h1-6,18H,(H2,14,16). The fourth-order valence-corrected chi connectivity index (χ4v) is 1.81. The van der Waals surface area contributed by atoms with Crippen molar-refractivity contribution in [3.05, 3.63) is 42.3 Å². The number of halogens is 1. The number of rotatable bonds is 1. The van der Waals surface area contributed by atoms with Crippen LogP contribution in [0.25, 0.3) is 16.8 Å². The molecule has 1 aromatic carbocycles. The third-order valence-corrected chi connectivity index (χ3v) is 2.64. The summed E-state index contributed by atoms with van der Waals surface area (Å²) in [7, 11) is 0. The first-order valence-electron chi connectivity index (χ1n) is 5.25. The molecule has 0 aliphatic rings. The first kappa shape index (κ1) is 10.5. The van der Waals surface area contributed by atoms with Gasteiger partial charge in [-0.15, -0.1) is 5.10 Å². The Morgan fingerprint density at radius 3 is 2.94 bits per heavy atom. The van der Waals surface area contributed by atoms with Crippen LogP contribution in [0.15, 0.2) is 36.5 Å². The molecule has 0 aliphatic carbocycles. The molecule has 90 valence electrons. The molecule has 0 unspecified atom stereocenters. The topological polar surface area (TPSA) is 76.4 Å². The third kappa shape index (κ3) is 1.55. The van der Waals surface area contributed by atoms with Gasteiger partial charge in [-0.3, -0.25) is 0 Å². The maximum absolute atomic E-state index is 13.8. The van der Waals surface area contributed by atoms with Gasteiger partial charge in [-0.2, -0.15) is 4.98 Å². The molecular weight excluding hydrogens is 235 g/mol. The maximum Gasteiger partial charge on any atom is 0.240 e. The summed E-state index contributed by atoms with van der Waals surface area (Å²) in [6.07, 6.45) is 1.64. The minimum atomic E-state index is -0.658. The van der Waals surface area contributed by atoms with E-state index in [4.69, 9.17) is 5.73 Å². The van der Waals surface area contributed by atoms with Gasteiger partial charge in [0.25, 0.3) is 0 Å². The van der Waals surface area contributed by atoms with Gasteiger partial charge >= 0.3 is 0 Å². The fraction of sp³-hybridized carbons (Fsp3) is 0. The predicted molar refractivity (Wildman–Crippen MR) is 64.5 cm³/mol. The Morgan fingerprint density at radius 1 is 1.28 bits per heavy atom. The molecule has 2 aromatic heterocycles. The van der Waals surface area contributed by atoms with Gasteiger partial charge in [-0.05, 0) is 23.8 Å². The number of aromatic hydroxyl groups is 1. The molecule has 0 aliphatic heterocycles. The second-order valence-electron chi connectivity index (χ2n) is 3.83. The van der Waals surface area contributed by atoms with E-state index in [1.54, 1.807) is 30.5 Å². The average Bonchev–Trinajstić information content (AvgIpc) is 2.71. The van der Waals surface area contributed by atoms with Crippen molar-refractivity contribution in [2.24, 2.45) is 0 Å². The van der Waals surface area contributed by atoms with Gasteiger partial charge in [-0.1, -0.05) is 12.1 Å². The highest BCUT2D eigenvalue weighted by molar-refractivity contribution is 5.69. The first-order chi connectivity index (χ1) is 8.65. The van der Waals surface area contributed by atoms with Crippen molar-refractivity contribution in [3.8, 4) is 16.9 Å². The number of benzene rings is 1. The molecule has 18 heavy (non-hydrogen) atoms. The van der Waals surface area contributed by atoms with Gasteiger partial charge in [0.15, 0.2) is 17.2 Å². The summed E-state index contributed by atoms with van der Waals surface area (Å²) in [6.45, 7) is 0. The van der Waals surface area contributed by atoms with E-state index in [1.165, 1.54) is 10.6 Å². The number of nitrogens with two attached hydrogens (primary N) is 1. The Kier molecular flexibility index (Phi) is 2.16. The monoisotopic (exact) mass is 244 g/mol. The molecule has 5 nitrogen and oxygen atoms in total. The highest BCUT2D eigenvalue weighted by atomic mass is 19.1. The Morgan fingerprint density at radius 2 is 2.11 bits per heavy atom. The van der Waals surface area contributed by atoms with Crippen molar-refractivity contribution in [3.63, 3.8) is 0 Å². The lowest BCUT2D eigenvalue weighted by molar-refractivity contribution is 0.433. The molecule has 0 spiro atoms. The van der Waals surface area contributed by atoms with Crippen LogP contribution in [-0.4, -0.2) is 19.7 Å². The van der Waals surface area contributed by atoms with Crippen LogP contribution in [0, 0.1) is 5.82 Å². The maximum atomic E-state index is 13.8. The first-order valence-corrected chi connectivity index (χ1v) is 5.25. The molecular formula is C12H9FN4O. The molecule has 3 aromatic rings. The predicted octanol–water partition coefficient (Wildman–Crippen LogP) is 1.82. The van der Waals surface area contributed by atoms with Crippen molar-refractivity contribution < 1.29 is 9.50 Å². The largest absolute Gasteiger partial charge is 0.505 e. The summed E-state index contributed by atoms with van der Waals surface area (Å²) < 4.78 is 15.3. The van der Waals surface area contributed by atoms with Gasteiger partial charge in [0.2, 0.25) is 5.95 Å². The summed E-state index contributed by atoms with van der Waals surface area (Å²) in [5, 5.41) is 13.3. The van der Waals surface area contributed by atoms with E-state index >= 15 is 0 Å². The number of phenolic OH excluding ortho intramolecular Hbond substituents is 1. The zero-order valence-electron chi connectivity index (χ0n) is 9.21. The van der Waals surface area contributed by atoms with Crippen molar-refractivity contribution in [2.75, 3.05) is 5.73 Å². The molecule has 0 amide bonds. The van der Waals surface area contributed by atoms with Gasteiger partial charge in [0.1, 0.15) is 0 Å². The molecule has 0 radical (unpaired) electrons. The van der Waals surface area contributed by atoms with Crippen LogP contribution in [0.2, 0.25) is 0 Å². The summed E-state index contributed by atoms with van der Waals surface area (Å²) in [5.41, 5.74) is 6.90. The molecule has 0 atom stereocenters. The lowest BCUT2D eigenvalue weighted by Crippen LogP contribution is -1.90. The number of anilines is 1. The smallest absolute Gasteiger partial charge is 0.240 e. The van der Waals surface area contributed by atoms with Crippen molar-refractivity contribution in [2.45, 2.75) is 0 Å². The lowest BCUT2D eigenvalue weighted by Gasteiger charge is -2.04. The SMILES string of the molecule is Nc1nc2cc(-c3cccc(O)c3F)ccn2n1. The number of phenols is 1. The van der Waals surface area contributed by atoms with Crippen molar-refractivity contribution in [1.29, 1.82) is 0 Å². The zero-order chi connectivity index (χ0) is 12.7. The van der Waals surface area contributed by atoms with Crippen LogP contribution in [0.5, 0.6) is 5.75 Å². The molecule has 0 fully saturated rings. The van der Waals surface area contributed by atoms with Crippen LogP contribution in [-0.2, 0) is 0 Å². The van der Waals surface area contributed by atoms with E-state index in [2.05, 4.69) is 10.1 Å². The van der Waals surface area contributed by atoms with E-state index < -0.39 is 5.82 Å². The second kappa shape index (κ2) is 3.69. The van der Waals surface area contributed by atoms with E-state index in [9.17, 15) is 9.50 Å². The van der Waals surface area contributed by atoms with Gasteiger partial charge < -0.3 is 10.8 Å². The van der Waals surface area contributed by atoms with Crippen molar-refractivity contribution in [1.82, 2.24) is 14.6 Å². The Hall–Kier alpha value is -2.63. The Bertz CT molecular complexity index is 738. The number of nitrogen functional groups attached to an aromatic ring is 1. The van der Waals surface area contributed by atoms with E-state index in [-0.39, 0.29) is 11.7 Å². The second-order valence-corrected chi connectivity index (χ2v) is 3.83.